The molecule has 1 fully saturated rings. The largest absolute Gasteiger partial charge is 0.299 e. The summed E-state index contributed by atoms with van der Waals surface area (Å²) in [5.41, 5.74) is 4.49. The van der Waals surface area contributed by atoms with Gasteiger partial charge in [0.1, 0.15) is 0 Å². The highest BCUT2D eigenvalue weighted by molar-refractivity contribution is 5.78. The standard InChI is InChI=1S/C13H19N3O/c14-15-13(17)9-11-5-1-2-6-12(11)10-16-7-3-4-8-16/h1-2,5-6H,3-4,7-10,14H2,(H,15,17). The summed E-state index contributed by atoms with van der Waals surface area (Å²) in [5, 5.41) is 0. The lowest BCUT2D eigenvalue weighted by atomic mass is 10.0. The van der Waals surface area contributed by atoms with E-state index in [9.17, 15) is 4.79 Å². The molecular weight excluding hydrogens is 214 g/mol. The van der Waals surface area contributed by atoms with E-state index in [1.807, 2.05) is 18.2 Å². The first-order valence-electron chi connectivity index (χ1n) is 6.08. The summed E-state index contributed by atoms with van der Waals surface area (Å²) in [4.78, 5) is 13.8. The maximum atomic E-state index is 11.3. The van der Waals surface area contributed by atoms with Crippen LogP contribution >= 0.6 is 0 Å². The van der Waals surface area contributed by atoms with Gasteiger partial charge in [-0.1, -0.05) is 24.3 Å². The second-order valence-electron chi connectivity index (χ2n) is 4.50. The Hall–Kier alpha value is -1.39. The molecule has 4 nitrogen and oxygen atoms in total. The quantitative estimate of drug-likeness (QED) is 0.460. The van der Waals surface area contributed by atoms with E-state index >= 15 is 0 Å². The smallest absolute Gasteiger partial charge is 0.238 e. The molecule has 1 aliphatic rings. The molecule has 4 heteroatoms. The van der Waals surface area contributed by atoms with Crippen molar-refractivity contribution in [1.82, 2.24) is 10.3 Å². The second kappa shape index (κ2) is 5.80. The predicted octanol–water partition coefficient (Wildman–Crippen LogP) is 0.815. The normalized spacial score (nSPS) is 16.1. The summed E-state index contributed by atoms with van der Waals surface area (Å²) < 4.78 is 0. The van der Waals surface area contributed by atoms with Gasteiger partial charge in [-0.15, -0.1) is 0 Å². The first-order chi connectivity index (χ1) is 8.29. The van der Waals surface area contributed by atoms with Crippen LogP contribution in [0.5, 0.6) is 0 Å². The van der Waals surface area contributed by atoms with Gasteiger partial charge in [-0.25, -0.2) is 5.84 Å². The molecule has 0 saturated carbocycles. The van der Waals surface area contributed by atoms with Crippen LogP contribution in [0.2, 0.25) is 0 Å². The van der Waals surface area contributed by atoms with Crippen LogP contribution in [-0.2, 0) is 17.8 Å². The molecule has 2 rings (SSSR count). The van der Waals surface area contributed by atoms with Crippen molar-refractivity contribution in [2.24, 2.45) is 5.84 Å². The minimum Gasteiger partial charge on any atom is -0.299 e. The highest BCUT2D eigenvalue weighted by atomic mass is 16.2. The molecule has 0 bridgehead atoms. The molecule has 1 aromatic carbocycles. The zero-order valence-corrected chi connectivity index (χ0v) is 9.98. The Morgan fingerprint density at radius 2 is 1.88 bits per heavy atom. The molecule has 0 radical (unpaired) electrons. The number of carbonyl (C=O) groups excluding carboxylic acids is 1. The number of hydrogen-bond donors (Lipinski definition) is 2. The first-order valence-corrected chi connectivity index (χ1v) is 6.08. The molecule has 0 spiro atoms. The van der Waals surface area contributed by atoms with Crippen molar-refractivity contribution in [2.45, 2.75) is 25.8 Å². The first kappa shape index (κ1) is 12.1. The van der Waals surface area contributed by atoms with Crippen molar-refractivity contribution in [3.8, 4) is 0 Å². The van der Waals surface area contributed by atoms with E-state index in [-0.39, 0.29) is 5.91 Å². The van der Waals surface area contributed by atoms with Crippen molar-refractivity contribution in [3.63, 3.8) is 0 Å². The Bertz CT molecular complexity index is 386. The third kappa shape index (κ3) is 3.28. The summed E-state index contributed by atoms with van der Waals surface area (Å²) >= 11 is 0. The third-order valence-electron chi connectivity index (χ3n) is 3.22. The number of rotatable bonds is 4. The Morgan fingerprint density at radius 3 is 2.53 bits per heavy atom. The maximum absolute atomic E-state index is 11.3. The molecule has 0 aromatic heterocycles. The molecule has 1 amide bonds. The van der Waals surface area contributed by atoms with Gasteiger partial charge in [-0.2, -0.15) is 0 Å². The molecular formula is C13H19N3O. The maximum Gasteiger partial charge on any atom is 0.238 e. The molecule has 1 aliphatic heterocycles. The van der Waals surface area contributed by atoms with Crippen LogP contribution in [-0.4, -0.2) is 23.9 Å². The van der Waals surface area contributed by atoms with Gasteiger partial charge in [0, 0.05) is 6.54 Å². The minimum atomic E-state index is -0.140. The number of hydrogen-bond acceptors (Lipinski definition) is 3. The molecule has 1 saturated heterocycles. The van der Waals surface area contributed by atoms with Crippen LogP contribution in [0, 0.1) is 0 Å². The highest BCUT2D eigenvalue weighted by Crippen LogP contribution is 2.16. The zero-order valence-electron chi connectivity index (χ0n) is 9.98. The van der Waals surface area contributed by atoms with Crippen LogP contribution in [0.4, 0.5) is 0 Å². The van der Waals surface area contributed by atoms with Crippen LogP contribution in [0.25, 0.3) is 0 Å². The molecule has 1 aromatic rings. The average Bonchev–Trinajstić information content (AvgIpc) is 2.84. The SMILES string of the molecule is NNC(=O)Cc1ccccc1CN1CCCC1. The van der Waals surface area contributed by atoms with Crippen LogP contribution in [0.15, 0.2) is 24.3 Å². The summed E-state index contributed by atoms with van der Waals surface area (Å²) in [5.74, 6) is 4.98. The van der Waals surface area contributed by atoms with Gasteiger partial charge in [0.2, 0.25) is 5.91 Å². The fourth-order valence-electron chi connectivity index (χ4n) is 2.29. The Kier molecular flexibility index (Phi) is 4.12. The van der Waals surface area contributed by atoms with Crippen molar-refractivity contribution in [1.29, 1.82) is 0 Å². The molecule has 3 N–H and O–H groups in total. The van der Waals surface area contributed by atoms with Crippen LogP contribution < -0.4 is 11.3 Å². The predicted molar refractivity (Wildman–Crippen MR) is 67.0 cm³/mol. The lowest BCUT2D eigenvalue weighted by molar-refractivity contribution is -0.120. The topological polar surface area (TPSA) is 58.4 Å². The van der Waals surface area contributed by atoms with E-state index < -0.39 is 0 Å². The molecule has 0 atom stereocenters. The molecule has 1 heterocycles. The number of nitrogens with two attached hydrogens (primary N) is 1. The van der Waals surface area contributed by atoms with E-state index in [2.05, 4.69) is 16.4 Å². The van der Waals surface area contributed by atoms with Crippen molar-refractivity contribution >= 4 is 5.91 Å². The van der Waals surface area contributed by atoms with Crippen LogP contribution in [0.1, 0.15) is 24.0 Å². The van der Waals surface area contributed by atoms with Crippen LogP contribution in [0.3, 0.4) is 0 Å². The Morgan fingerprint density at radius 1 is 1.24 bits per heavy atom. The minimum absolute atomic E-state index is 0.140. The van der Waals surface area contributed by atoms with E-state index in [1.165, 1.54) is 18.4 Å². The highest BCUT2D eigenvalue weighted by Gasteiger charge is 2.14. The van der Waals surface area contributed by atoms with Gasteiger partial charge < -0.3 is 0 Å². The summed E-state index contributed by atoms with van der Waals surface area (Å²) in [6, 6.07) is 8.08. The Balaban J connectivity index is 2.06. The van der Waals surface area contributed by atoms with Gasteiger partial charge in [-0.3, -0.25) is 15.1 Å². The van der Waals surface area contributed by atoms with Crippen molar-refractivity contribution in [3.05, 3.63) is 35.4 Å². The van der Waals surface area contributed by atoms with Gasteiger partial charge in [0.25, 0.3) is 0 Å². The lowest BCUT2D eigenvalue weighted by Crippen LogP contribution is -2.32. The fourth-order valence-corrected chi connectivity index (χ4v) is 2.29. The molecule has 0 unspecified atom stereocenters. The van der Waals surface area contributed by atoms with E-state index in [1.54, 1.807) is 0 Å². The molecule has 0 aliphatic carbocycles. The number of benzene rings is 1. The molecule has 17 heavy (non-hydrogen) atoms. The summed E-state index contributed by atoms with van der Waals surface area (Å²) in [6.07, 6.45) is 2.93. The zero-order chi connectivity index (χ0) is 12.1. The number of hydrazine groups is 1. The van der Waals surface area contributed by atoms with E-state index in [4.69, 9.17) is 5.84 Å². The number of likely N-dealkylation sites (tertiary alicyclic amines) is 1. The van der Waals surface area contributed by atoms with Crippen molar-refractivity contribution < 1.29 is 4.79 Å². The monoisotopic (exact) mass is 233 g/mol. The average molecular weight is 233 g/mol. The lowest BCUT2D eigenvalue weighted by Gasteiger charge is -2.17. The molecule has 92 valence electrons. The van der Waals surface area contributed by atoms with Gasteiger partial charge >= 0.3 is 0 Å². The van der Waals surface area contributed by atoms with Gasteiger partial charge in [0.15, 0.2) is 0 Å². The van der Waals surface area contributed by atoms with Gasteiger partial charge in [0.05, 0.1) is 6.42 Å². The summed E-state index contributed by atoms with van der Waals surface area (Å²) in [7, 11) is 0. The van der Waals surface area contributed by atoms with E-state index in [0.29, 0.717) is 6.42 Å². The van der Waals surface area contributed by atoms with Gasteiger partial charge in [-0.05, 0) is 37.1 Å². The number of carbonyl (C=O) groups is 1. The fraction of sp³-hybridized carbons (Fsp3) is 0.462. The number of amides is 1. The Labute approximate surface area is 102 Å². The van der Waals surface area contributed by atoms with E-state index in [0.717, 1.165) is 25.2 Å². The second-order valence-corrected chi connectivity index (χ2v) is 4.50. The number of nitrogens with zero attached hydrogens (tertiary/aromatic N) is 1. The number of nitrogens with one attached hydrogen (secondary N) is 1. The third-order valence-corrected chi connectivity index (χ3v) is 3.22. The summed E-state index contributed by atoms with van der Waals surface area (Å²) in [6.45, 7) is 3.27. The van der Waals surface area contributed by atoms with Crippen molar-refractivity contribution in [2.75, 3.05) is 13.1 Å².